The second kappa shape index (κ2) is 24.3. The Hall–Kier alpha value is -1.02. The van der Waals surface area contributed by atoms with Crippen molar-refractivity contribution in [2.24, 2.45) is 11.8 Å². The molecule has 0 aromatic rings. The summed E-state index contributed by atoms with van der Waals surface area (Å²) in [5.74, 6) is 1.66. The van der Waals surface area contributed by atoms with Gasteiger partial charge in [-0.3, -0.25) is 19.2 Å². The lowest BCUT2D eigenvalue weighted by molar-refractivity contribution is -0.145. The summed E-state index contributed by atoms with van der Waals surface area (Å²) in [4.78, 5) is 46.2. The SMILES string of the molecule is COC(=O)CC(CCCCCCCCSC(C)=O)C(CCCCCCCCSC(C)=O)CC(=O)OC. The van der Waals surface area contributed by atoms with Gasteiger partial charge in [0.25, 0.3) is 0 Å². The molecular formula is C28H50O6S2. The first-order valence-corrected chi connectivity index (χ1v) is 15.7. The lowest BCUT2D eigenvalue weighted by Crippen LogP contribution is -2.23. The van der Waals surface area contributed by atoms with Gasteiger partial charge in [-0.05, 0) is 37.5 Å². The molecule has 36 heavy (non-hydrogen) atoms. The zero-order valence-electron chi connectivity index (χ0n) is 23.1. The molecule has 0 N–H and O–H groups in total. The van der Waals surface area contributed by atoms with E-state index in [1.54, 1.807) is 13.8 Å². The smallest absolute Gasteiger partial charge is 0.305 e. The molecule has 210 valence electrons. The van der Waals surface area contributed by atoms with E-state index < -0.39 is 0 Å². The number of carbonyl (C=O) groups is 4. The van der Waals surface area contributed by atoms with Crippen LogP contribution < -0.4 is 0 Å². The maximum Gasteiger partial charge on any atom is 0.305 e. The van der Waals surface area contributed by atoms with Gasteiger partial charge in [0.2, 0.25) is 0 Å². The Morgan fingerprint density at radius 3 is 1.14 bits per heavy atom. The van der Waals surface area contributed by atoms with Crippen molar-refractivity contribution in [3.63, 3.8) is 0 Å². The van der Waals surface area contributed by atoms with E-state index in [2.05, 4.69) is 0 Å². The number of hydrogen-bond acceptors (Lipinski definition) is 8. The van der Waals surface area contributed by atoms with Crippen molar-refractivity contribution in [1.82, 2.24) is 0 Å². The lowest BCUT2D eigenvalue weighted by Gasteiger charge is -2.26. The molecule has 2 atom stereocenters. The Balaban J connectivity index is 4.49. The fraction of sp³-hybridized carbons (Fsp3) is 0.857. The normalized spacial score (nSPS) is 12.7. The maximum absolute atomic E-state index is 12.1. The van der Waals surface area contributed by atoms with E-state index in [4.69, 9.17) is 9.47 Å². The molecule has 0 heterocycles. The van der Waals surface area contributed by atoms with Crippen LogP contribution in [0.2, 0.25) is 0 Å². The molecular weight excluding hydrogens is 496 g/mol. The molecule has 0 aliphatic carbocycles. The fourth-order valence-electron chi connectivity index (χ4n) is 4.47. The molecule has 6 nitrogen and oxygen atoms in total. The molecule has 0 spiro atoms. The van der Waals surface area contributed by atoms with Crippen LogP contribution in [0.3, 0.4) is 0 Å². The molecule has 0 saturated heterocycles. The summed E-state index contributed by atoms with van der Waals surface area (Å²) >= 11 is 2.81. The predicted octanol–water partition coefficient (Wildman–Crippen LogP) is 7.37. The largest absolute Gasteiger partial charge is 0.469 e. The minimum Gasteiger partial charge on any atom is -0.469 e. The summed E-state index contributed by atoms with van der Waals surface area (Å²) in [5, 5.41) is 0.377. The molecule has 0 aromatic heterocycles. The highest BCUT2D eigenvalue weighted by Crippen LogP contribution is 2.31. The van der Waals surface area contributed by atoms with E-state index in [1.807, 2.05) is 0 Å². The van der Waals surface area contributed by atoms with Gasteiger partial charge in [-0.25, -0.2) is 0 Å². The van der Waals surface area contributed by atoms with Crippen molar-refractivity contribution in [1.29, 1.82) is 0 Å². The third-order valence-electron chi connectivity index (χ3n) is 6.53. The average Bonchev–Trinajstić information content (AvgIpc) is 2.84. The van der Waals surface area contributed by atoms with Crippen LogP contribution in [0.25, 0.3) is 0 Å². The highest BCUT2D eigenvalue weighted by molar-refractivity contribution is 8.13. The van der Waals surface area contributed by atoms with Gasteiger partial charge >= 0.3 is 11.9 Å². The Morgan fingerprint density at radius 1 is 0.528 bits per heavy atom. The molecule has 0 aliphatic rings. The van der Waals surface area contributed by atoms with Crippen molar-refractivity contribution in [3.8, 4) is 0 Å². The van der Waals surface area contributed by atoms with Crippen LogP contribution in [0.5, 0.6) is 0 Å². The molecule has 0 fully saturated rings. The number of unbranched alkanes of at least 4 members (excludes halogenated alkanes) is 10. The van der Waals surface area contributed by atoms with Crippen molar-refractivity contribution in [2.45, 2.75) is 117 Å². The Morgan fingerprint density at radius 2 is 0.833 bits per heavy atom. The first kappa shape index (κ1) is 35.0. The van der Waals surface area contributed by atoms with Crippen molar-refractivity contribution in [2.75, 3.05) is 25.7 Å². The monoisotopic (exact) mass is 546 g/mol. The zero-order valence-corrected chi connectivity index (χ0v) is 24.8. The van der Waals surface area contributed by atoms with Gasteiger partial charge in [0, 0.05) is 38.2 Å². The van der Waals surface area contributed by atoms with Gasteiger partial charge < -0.3 is 9.47 Å². The fourth-order valence-corrected chi connectivity index (χ4v) is 5.74. The summed E-state index contributed by atoms with van der Waals surface area (Å²) < 4.78 is 9.92. The van der Waals surface area contributed by atoms with Gasteiger partial charge in [-0.2, -0.15) is 0 Å². The van der Waals surface area contributed by atoms with Crippen LogP contribution >= 0.6 is 23.5 Å². The molecule has 8 heteroatoms. The number of thioether (sulfide) groups is 2. The van der Waals surface area contributed by atoms with Crippen molar-refractivity contribution >= 4 is 45.7 Å². The predicted molar refractivity (Wildman–Crippen MR) is 151 cm³/mol. The average molecular weight is 547 g/mol. The van der Waals surface area contributed by atoms with Crippen LogP contribution in [0.1, 0.15) is 117 Å². The highest BCUT2D eigenvalue weighted by Gasteiger charge is 2.26. The number of rotatable bonds is 23. The van der Waals surface area contributed by atoms with E-state index in [0.717, 1.165) is 88.6 Å². The van der Waals surface area contributed by atoms with Crippen molar-refractivity contribution < 1.29 is 28.7 Å². The second-order valence-electron chi connectivity index (χ2n) is 9.58. The number of esters is 2. The van der Waals surface area contributed by atoms with Crippen LogP contribution in [0.15, 0.2) is 0 Å². The minimum atomic E-state index is -0.207. The molecule has 0 bridgehead atoms. The van der Waals surface area contributed by atoms with Gasteiger partial charge in [-0.15, -0.1) is 0 Å². The molecule has 2 unspecified atom stereocenters. The van der Waals surface area contributed by atoms with Gasteiger partial charge in [0.05, 0.1) is 14.2 Å². The summed E-state index contributed by atoms with van der Waals surface area (Å²) in [6.45, 7) is 3.23. The van der Waals surface area contributed by atoms with Crippen LogP contribution in [0.4, 0.5) is 0 Å². The van der Waals surface area contributed by atoms with E-state index in [9.17, 15) is 19.2 Å². The summed E-state index contributed by atoms with van der Waals surface area (Å²) in [6.07, 6.45) is 16.0. The number of carbonyl (C=O) groups excluding carboxylic acids is 4. The third kappa shape index (κ3) is 22.2. The van der Waals surface area contributed by atoms with Crippen LogP contribution in [0, 0.1) is 11.8 Å². The first-order chi connectivity index (χ1) is 17.3. The summed E-state index contributed by atoms with van der Waals surface area (Å²) in [6, 6.07) is 0. The van der Waals surface area contributed by atoms with Crippen LogP contribution in [-0.2, 0) is 28.7 Å². The van der Waals surface area contributed by atoms with E-state index in [-0.39, 0.29) is 34.0 Å². The number of methoxy groups -OCH3 is 2. The first-order valence-electron chi connectivity index (χ1n) is 13.7. The van der Waals surface area contributed by atoms with Gasteiger partial charge in [-0.1, -0.05) is 87.7 Å². The summed E-state index contributed by atoms with van der Waals surface area (Å²) in [7, 11) is 2.85. The number of ether oxygens (including phenoxy) is 2. The molecule has 0 rings (SSSR count). The van der Waals surface area contributed by atoms with Gasteiger partial charge in [0.1, 0.15) is 0 Å². The molecule has 0 aliphatic heterocycles. The van der Waals surface area contributed by atoms with E-state index in [0.29, 0.717) is 12.8 Å². The Kier molecular flexibility index (Phi) is 23.6. The number of hydrogen-bond donors (Lipinski definition) is 0. The lowest BCUT2D eigenvalue weighted by atomic mass is 9.80. The molecule has 0 saturated carbocycles. The molecule has 0 aromatic carbocycles. The third-order valence-corrected chi connectivity index (χ3v) is 8.33. The Bertz CT molecular complexity index is 559. The standard InChI is InChI=1S/C28H50O6S2/c1-23(29)35-19-15-11-7-5-9-13-17-25(21-27(31)33-3)26(22-28(32)34-4)18-14-10-6-8-12-16-20-36-24(2)30/h25-26H,5-22H2,1-4H3. The molecule has 0 radical (unpaired) electrons. The van der Waals surface area contributed by atoms with E-state index in [1.165, 1.54) is 50.6 Å². The zero-order chi connectivity index (χ0) is 27.0. The maximum atomic E-state index is 12.1. The highest BCUT2D eigenvalue weighted by atomic mass is 32.2. The van der Waals surface area contributed by atoms with Gasteiger partial charge in [0.15, 0.2) is 10.2 Å². The molecule has 0 amide bonds. The quantitative estimate of drug-likeness (QED) is 0.0970. The van der Waals surface area contributed by atoms with E-state index >= 15 is 0 Å². The van der Waals surface area contributed by atoms with Crippen molar-refractivity contribution in [3.05, 3.63) is 0 Å². The Labute approximate surface area is 228 Å². The van der Waals surface area contributed by atoms with Crippen LogP contribution in [-0.4, -0.2) is 47.9 Å². The minimum absolute atomic E-state index is 0.132. The summed E-state index contributed by atoms with van der Waals surface area (Å²) in [5.41, 5.74) is 0. The second-order valence-corrected chi connectivity index (χ2v) is 12.1. The topological polar surface area (TPSA) is 86.7 Å².